The summed E-state index contributed by atoms with van der Waals surface area (Å²) in [6.45, 7) is 2.96. The van der Waals surface area contributed by atoms with Crippen molar-refractivity contribution in [3.8, 4) is 22.8 Å². The Morgan fingerprint density at radius 3 is 2.72 bits per heavy atom. The Morgan fingerprint density at radius 1 is 1.17 bits per heavy atom. The number of nitrogens with one attached hydrogen (secondary N) is 1. The van der Waals surface area contributed by atoms with Crippen LogP contribution in [0.25, 0.3) is 22.2 Å². The van der Waals surface area contributed by atoms with Gasteiger partial charge in [-0.05, 0) is 56.5 Å². The molecule has 4 aromatic rings. The van der Waals surface area contributed by atoms with E-state index in [4.69, 9.17) is 9.47 Å². The summed E-state index contributed by atoms with van der Waals surface area (Å²) >= 11 is 0. The number of aryl methyl sites for hydroxylation is 1. The van der Waals surface area contributed by atoms with Crippen LogP contribution in [0, 0.1) is 12.7 Å². The van der Waals surface area contributed by atoms with Crippen molar-refractivity contribution in [2.75, 3.05) is 19.0 Å². The summed E-state index contributed by atoms with van der Waals surface area (Å²) < 4.78 is 27.8. The highest BCUT2D eigenvalue weighted by Gasteiger charge is 2.22. The molecule has 0 bridgehead atoms. The number of hydrogen-bond donors (Lipinski definition) is 2. The van der Waals surface area contributed by atoms with Crippen LogP contribution in [-0.2, 0) is 6.54 Å². The summed E-state index contributed by atoms with van der Waals surface area (Å²) in [4.78, 5) is 20.3. The van der Waals surface area contributed by atoms with Crippen molar-refractivity contribution in [3.05, 3.63) is 65.9 Å². The zero-order valence-electron chi connectivity index (χ0n) is 20.1. The number of fused-ring (bicyclic) bond motifs is 1. The summed E-state index contributed by atoms with van der Waals surface area (Å²) in [6.07, 6.45) is 4.46. The second-order valence-electron chi connectivity index (χ2n) is 8.85. The van der Waals surface area contributed by atoms with Crippen LogP contribution in [0.2, 0.25) is 0 Å². The molecule has 9 heteroatoms. The number of hydrogen-bond acceptors (Lipinski definition) is 6. The summed E-state index contributed by atoms with van der Waals surface area (Å²) in [5.74, 6) is 0.271. The summed E-state index contributed by atoms with van der Waals surface area (Å²) in [5.41, 5.74) is 2.95. The Bertz CT molecular complexity index is 1430. The SMILES string of the molecule is COc1ccc(F)c2c1cc(C)n2CCNc1cc(-c2ccc(C(=O)O)c(OC3CCC3)c2)ncn1. The zero-order chi connectivity index (χ0) is 25.2. The van der Waals surface area contributed by atoms with E-state index >= 15 is 0 Å². The molecule has 1 saturated carbocycles. The smallest absolute Gasteiger partial charge is 0.339 e. The Hall–Kier alpha value is -4.14. The van der Waals surface area contributed by atoms with E-state index in [1.807, 2.05) is 17.6 Å². The topological polar surface area (TPSA) is 98.5 Å². The summed E-state index contributed by atoms with van der Waals surface area (Å²) in [7, 11) is 1.57. The molecule has 0 amide bonds. The van der Waals surface area contributed by atoms with Crippen molar-refractivity contribution in [3.63, 3.8) is 0 Å². The lowest BCUT2D eigenvalue weighted by Crippen LogP contribution is -2.25. The fraction of sp³-hybridized carbons (Fsp3) is 0.296. The molecule has 2 N–H and O–H groups in total. The van der Waals surface area contributed by atoms with Crippen molar-refractivity contribution in [1.82, 2.24) is 14.5 Å². The van der Waals surface area contributed by atoms with E-state index in [1.54, 1.807) is 37.4 Å². The van der Waals surface area contributed by atoms with Crippen molar-refractivity contribution >= 4 is 22.7 Å². The summed E-state index contributed by atoms with van der Waals surface area (Å²) in [6, 6.07) is 11.8. The van der Waals surface area contributed by atoms with Gasteiger partial charge in [-0.1, -0.05) is 6.07 Å². The minimum atomic E-state index is -1.03. The van der Waals surface area contributed by atoms with Gasteiger partial charge in [-0.15, -0.1) is 0 Å². The molecule has 8 nitrogen and oxygen atoms in total. The van der Waals surface area contributed by atoms with Gasteiger partial charge in [0.2, 0.25) is 0 Å². The number of methoxy groups -OCH3 is 1. The number of benzene rings is 2. The number of aromatic carboxylic acids is 1. The predicted molar refractivity (Wildman–Crippen MR) is 134 cm³/mol. The second-order valence-corrected chi connectivity index (χ2v) is 8.85. The average molecular weight is 491 g/mol. The molecule has 0 radical (unpaired) electrons. The molecule has 2 aromatic heterocycles. The first-order valence-corrected chi connectivity index (χ1v) is 11.9. The molecule has 1 aliphatic carbocycles. The normalized spacial score (nSPS) is 13.4. The lowest BCUT2D eigenvalue weighted by Gasteiger charge is -2.27. The number of aromatic nitrogens is 3. The number of carboxylic acid groups (broad SMARTS) is 1. The Morgan fingerprint density at radius 2 is 2.00 bits per heavy atom. The second kappa shape index (κ2) is 9.85. The molecular formula is C27H27FN4O4. The lowest BCUT2D eigenvalue weighted by molar-refractivity contribution is 0.0680. The number of rotatable bonds is 9. The van der Waals surface area contributed by atoms with Crippen LogP contribution in [0.4, 0.5) is 10.2 Å². The minimum absolute atomic E-state index is 0.0546. The Labute approximate surface area is 207 Å². The van der Waals surface area contributed by atoms with Crippen LogP contribution in [0.1, 0.15) is 35.3 Å². The van der Waals surface area contributed by atoms with Gasteiger partial charge < -0.3 is 24.5 Å². The molecule has 36 heavy (non-hydrogen) atoms. The fourth-order valence-electron chi connectivity index (χ4n) is 4.44. The van der Waals surface area contributed by atoms with Gasteiger partial charge in [-0.2, -0.15) is 0 Å². The van der Waals surface area contributed by atoms with Gasteiger partial charge >= 0.3 is 5.97 Å². The minimum Gasteiger partial charge on any atom is -0.496 e. The Kier molecular flexibility index (Phi) is 6.45. The predicted octanol–water partition coefficient (Wildman–Crippen LogP) is 5.30. The number of carbonyl (C=O) groups is 1. The van der Waals surface area contributed by atoms with Crippen molar-refractivity contribution in [2.45, 2.75) is 38.8 Å². The van der Waals surface area contributed by atoms with Gasteiger partial charge in [-0.25, -0.2) is 19.2 Å². The lowest BCUT2D eigenvalue weighted by atomic mass is 9.96. The van der Waals surface area contributed by atoms with Crippen LogP contribution < -0.4 is 14.8 Å². The molecule has 1 fully saturated rings. The molecule has 0 unspecified atom stereocenters. The third kappa shape index (κ3) is 4.56. The first-order valence-electron chi connectivity index (χ1n) is 11.9. The number of nitrogens with zero attached hydrogens (tertiary/aromatic N) is 3. The van der Waals surface area contributed by atoms with E-state index in [0.29, 0.717) is 41.6 Å². The summed E-state index contributed by atoms with van der Waals surface area (Å²) in [5, 5.41) is 13.6. The molecule has 0 saturated heterocycles. The highest BCUT2D eigenvalue weighted by molar-refractivity contribution is 5.92. The fourth-order valence-corrected chi connectivity index (χ4v) is 4.44. The first kappa shape index (κ1) is 23.6. The van der Waals surface area contributed by atoms with Gasteiger partial charge in [0, 0.05) is 35.8 Å². The maximum Gasteiger partial charge on any atom is 0.339 e. The van der Waals surface area contributed by atoms with Gasteiger partial charge in [0.05, 0.1) is 24.4 Å². The molecule has 5 rings (SSSR count). The van der Waals surface area contributed by atoms with Crippen LogP contribution in [0.5, 0.6) is 11.5 Å². The van der Waals surface area contributed by atoms with Crippen molar-refractivity contribution in [1.29, 1.82) is 0 Å². The maximum atomic E-state index is 14.6. The molecule has 0 spiro atoms. The van der Waals surface area contributed by atoms with E-state index in [-0.39, 0.29) is 17.5 Å². The highest BCUT2D eigenvalue weighted by Crippen LogP contribution is 2.32. The monoisotopic (exact) mass is 490 g/mol. The molecular weight excluding hydrogens is 463 g/mol. The maximum absolute atomic E-state index is 14.6. The highest BCUT2D eigenvalue weighted by atomic mass is 19.1. The number of halogens is 1. The van der Waals surface area contributed by atoms with Crippen molar-refractivity contribution in [2.24, 2.45) is 0 Å². The molecule has 2 heterocycles. The van der Waals surface area contributed by atoms with Gasteiger partial charge in [-0.3, -0.25) is 0 Å². The van der Waals surface area contributed by atoms with E-state index in [2.05, 4.69) is 15.3 Å². The Balaban J connectivity index is 1.33. The van der Waals surface area contributed by atoms with E-state index < -0.39 is 5.97 Å². The largest absolute Gasteiger partial charge is 0.496 e. The average Bonchev–Trinajstić information content (AvgIpc) is 3.18. The first-order chi connectivity index (χ1) is 17.4. The van der Waals surface area contributed by atoms with E-state index in [1.165, 1.54) is 12.4 Å². The van der Waals surface area contributed by atoms with Crippen LogP contribution >= 0.6 is 0 Å². The number of carboxylic acids is 1. The van der Waals surface area contributed by atoms with Gasteiger partial charge in [0.25, 0.3) is 0 Å². The number of anilines is 1. The molecule has 1 aliphatic rings. The molecule has 186 valence electrons. The zero-order valence-corrected chi connectivity index (χ0v) is 20.1. The third-order valence-electron chi connectivity index (χ3n) is 6.56. The van der Waals surface area contributed by atoms with E-state index in [9.17, 15) is 14.3 Å². The molecule has 2 aromatic carbocycles. The van der Waals surface area contributed by atoms with Gasteiger partial charge in [0.1, 0.15) is 35.0 Å². The van der Waals surface area contributed by atoms with Crippen molar-refractivity contribution < 1.29 is 23.8 Å². The van der Waals surface area contributed by atoms with Crippen LogP contribution in [0.3, 0.4) is 0 Å². The number of ether oxygens (including phenoxy) is 2. The quantitative estimate of drug-likeness (QED) is 0.329. The van der Waals surface area contributed by atoms with E-state index in [0.717, 1.165) is 35.9 Å². The molecule has 0 aliphatic heterocycles. The van der Waals surface area contributed by atoms with Crippen LogP contribution in [-0.4, -0.2) is 45.4 Å². The molecule has 0 atom stereocenters. The standard InChI is InChI=1S/C27H27FN4O4/c1-16-12-20-23(35-2)9-8-21(28)26(20)32(16)11-10-29-25-14-22(30-15-31-25)17-6-7-19(27(33)34)24(13-17)36-18-4-3-5-18/h6-9,12-15,18H,3-5,10-11H2,1-2H3,(H,33,34)(H,29,30,31). The third-order valence-corrected chi connectivity index (χ3v) is 6.56. The van der Waals surface area contributed by atoms with Gasteiger partial charge in [0.15, 0.2) is 0 Å². The van der Waals surface area contributed by atoms with Crippen LogP contribution in [0.15, 0.2) is 48.8 Å².